The van der Waals surface area contributed by atoms with Gasteiger partial charge in [0.1, 0.15) is 6.10 Å². The number of anilines is 1. The van der Waals surface area contributed by atoms with Gasteiger partial charge in [-0.2, -0.15) is 19.6 Å². The zero-order chi connectivity index (χ0) is 20.5. The average Bonchev–Trinajstić information content (AvgIpc) is 3.51. The lowest BCUT2D eigenvalue weighted by atomic mass is 10.0. The minimum absolute atomic E-state index is 0.104. The molecule has 2 fully saturated rings. The van der Waals surface area contributed by atoms with E-state index in [0.717, 1.165) is 37.1 Å². The SMILES string of the molecule is CC(C)c1cnn2c(NC(c3ccccc3)C3CC3)nc(O[C@@H]3CCCNC3)nc12. The van der Waals surface area contributed by atoms with Gasteiger partial charge in [-0.15, -0.1) is 0 Å². The molecular formula is C23H30N6O. The van der Waals surface area contributed by atoms with E-state index in [1.165, 1.54) is 18.4 Å². The first-order valence-corrected chi connectivity index (χ1v) is 11.1. The summed E-state index contributed by atoms with van der Waals surface area (Å²) in [5.41, 5.74) is 3.21. The summed E-state index contributed by atoms with van der Waals surface area (Å²) >= 11 is 0. The predicted octanol–water partition coefficient (Wildman–Crippen LogP) is 3.94. The molecule has 0 spiro atoms. The minimum atomic E-state index is 0.104. The molecule has 3 heterocycles. The molecule has 7 nitrogen and oxygen atoms in total. The molecule has 1 saturated carbocycles. The maximum absolute atomic E-state index is 6.21. The Balaban J connectivity index is 1.52. The average molecular weight is 407 g/mol. The molecule has 2 N–H and O–H groups in total. The maximum Gasteiger partial charge on any atom is 0.322 e. The number of benzene rings is 1. The van der Waals surface area contributed by atoms with Crippen LogP contribution < -0.4 is 15.4 Å². The highest BCUT2D eigenvalue weighted by molar-refractivity contribution is 5.53. The smallest absolute Gasteiger partial charge is 0.322 e. The lowest BCUT2D eigenvalue weighted by Gasteiger charge is -2.24. The van der Waals surface area contributed by atoms with Crippen molar-refractivity contribution < 1.29 is 4.74 Å². The number of aromatic nitrogens is 4. The topological polar surface area (TPSA) is 76.4 Å². The van der Waals surface area contributed by atoms with Gasteiger partial charge in [-0.25, -0.2) is 0 Å². The van der Waals surface area contributed by atoms with Crippen LogP contribution in [0.15, 0.2) is 36.5 Å². The molecule has 1 aromatic carbocycles. The van der Waals surface area contributed by atoms with Gasteiger partial charge in [0.15, 0.2) is 5.65 Å². The van der Waals surface area contributed by atoms with Crippen molar-refractivity contribution in [2.24, 2.45) is 5.92 Å². The molecule has 0 bridgehead atoms. The molecule has 5 rings (SSSR count). The molecule has 1 saturated heterocycles. The third-order valence-electron chi connectivity index (χ3n) is 6.06. The van der Waals surface area contributed by atoms with E-state index in [9.17, 15) is 0 Å². The lowest BCUT2D eigenvalue weighted by Crippen LogP contribution is -2.37. The largest absolute Gasteiger partial charge is 0.459 e. The Morgan fingerprint density at radius 1 is 1.13 bits per heavy atom. The highest BCUT2D eigenvalue weighted by atomic mass is 16.5. The summed E-state index contributed by atoms with van der Waals surface area (Å²) in [5.74, 6) is 1.64. The van der Waals surface area contributed by atoms with Crippen LogP contribution in [0.2, 0.25) is 0 Å². The second-order valence-corrected chi connectivity index (χ2v) is 8.78. The van der Waals surface area contributed by atoms with Crippen molar-refractivity contribution in [3.63, 3.8) is 0 Å². The molecule has 2 atom stereocenters. The van der Waals surface area contributed by atoms with Crippen LogP contribution in [-0.4, -0.2) is 38.8 Å². The summed E-state index contributed by atoms with van der Waals surface area (Å²) < 4.78 is 8.04. The number of nitrogens with one attached hydrogen (secondary N) is 2. The van der Waals surface area contributed by atoms with Crippen molar-refractivity contribution in [1.29, 1.82) is 0 Å². The third kappa shape index (κ3) is 3.99. The molecule has 158 valence electrons. The molecule has 0 radical (unpaired) electrons. The molecule has 30 heavy (non-hydrogen) atoms. The number of hydrogen-bond donors (Lipinski definition) is 2. The van der Waals surface area contributed by atoms with Gasteiger partial charge in [0.25, 0.3) is 0 Å². The minimum Gasteiger partial charge on any atom is -0.459 e. The summed E-state index contributed by atoms with van der Waals surface area (Å²) in [5, 5.41) is 11.7. The van der Waals surface area contributed by atoms with Crippen LogP contribution in [0.4, 0.5) is 5.95 Å². The van der Waals surface area contributed by atoms with Crippen molar-refractivity contribution in [2.45, 2.75) is 57.6 Å². The van der Waals surface area contributed by atoms with Gasteiger partial charge in [-0.3, -0.25) is 0 Å². The van der Waals surface area contributed by atoms with Crippen LogP contribution in [-0.2, 0) is 0 Å². The number of ether oxygens (including phenoxy) is 1. The van der Waals surface area contributed by atoms with E-state index in [-0.39, 0.29) is 12.1 Å². The Morgan fingerprint density at radius 2 is 1.97 bits per heavy atom. The van der Waals surface area contributed by atoms with Gasteiger partial charge in [0.05, 0.1) is 12.2 Å². The van der Waals surface area contributed by atoms with Crippen molar-refractivity contribution in [1.82, 2.24) is 24.9 Å². The number of hydrogen-bond acceptors (Lipinski definition) is 6. The lowest BCUT2D eigenvalue weighted by molar-refractivity contribution is 0.153. The van der Waals surface area contributed by atoms with Gasteiger partial charge >= 0.3 is 6.01 Å². The van der Waals surface area contributed by atoms with Crippen LogP contribution in [0.3, 0.4) is 0 Å². The van der Waals surface area contributed by atoms with Crippen LogP contribution >= 0.6 is 0 Å². The first-order valence-electron chi connectivity index (χ1n) is 11.1. The molecule has 7 heteroatoms. The number of nitrogens with zero attached hydrogens (tertiary/aromatic N) is 4. The molecule has 1 aliphatic heterocycles. The Hall–Kier alpha value is -2.67. The van der Waals surface area contributed by atoms with Crippen LogP contribution in [0.5, 0.6) is 6.01 Å². The Morgan fingerprint density at radius 3 is 2.67 bits per heavy atom. The summed E-state index contributed by atoms with van der Waals surface area (Å²) in [6, 6.07) is 11.3. The van der Waals surface area contributed by atoms with Crippen LogP contribution in [0.25, 0.3) is 5.65 Å². The van der Waals surface area contributed by atoms with E-state index in [0.29, 0.717) is 23.8 Å². The molecule has 2 aliphatic rings. The number of fused-ring (bicyclic) bond motifs is 1. The summed E-state index contributed by atoms with van der Waals surface area (Å²) in [7, 11) is 0. The first-order chi connectivity index (χ1) is 14.7. The summed E-state index contributed by atoms with van der Waals surface area (Å²) in [6.45, 7) is 6.21. The first kappa shape index (κ1) is 19.3. The molecule has 1 aliphatic carbocycles. The van der Waals surface area contributed by atoms with E-state index in [4.69, 9.17) is 14.7 Å². The number of rotatable bonds is 7. The van der Waals surface area contributed by atoms with Gasteiger partial charge in [0, 0.05) is 12.1 Å². The second-order valence-electron chi connectivity index (χ2n) is 8.78. The van der Waals surface area contributed by atoms with Gasteiger partial charge in [-0.1, -0.05) is 44.2 Å². The van der Waals surface area contributed by atoms with E-state index < -0.39 is 0 Å². The third-order valence-corrected chi connectivity index (χ3v) is 6.06. The molecule has 0 amide bonds. The predicted molar refractivity (Wildman–Crippen MR) is 117 cm³/mol. The Labute approximate surface area is 177 Å². The molecule has 2 aromatic heterocycles. The monoisotopic (exact) mass is 406 g/mol. The van der Waals surface area contributed by atoms with Crippen LogP contribution in [0.1, 0.15) is 62.6 Å². The number of piperidine rings is 1. The molecular weight excluding hydrogens is 376 g/mol. The van der Waals surface area contributed by atoms with Gasteiger partial charge in [-0.05, 0) is 49.6 Å². The van der Waals surface area contributed by atoms with Gasteiger partial charge in [0.2, 0.25) is 5.95 Å². The fourth-order valence-electron chi connectivity index (χ4n) is 4.20. The van der Waals surface area contributed by atoms with E-state index >= 15 is 0 Å². The maximum atomic E-state index is 6.21. The normalized spacial score (nSPS) is 20.4. The summed E-state index contributed by atoms with van der Waals surface area (Å²) in [4.78, 5) is 9.52. The molecule has 3 aromatic rings. The Bertz CT molecular complexity index is 992. The van der Waals surface area contributed by atoms with Crippen molar-refractivity contribution >= 4 is 11.6 Å². The Kier molecular flexibility index (Phi) is 5.29. The quantitative estimate of drug-likeness (QED) is 0.619. The molecule has 1 unspecified atom stereocenters. The highest BCUT2D eigenvalue weighted by Gasteiger charge is 2.33. The fourth-order valence-corrected chi connectivity index (χ4v) is 4.20. The van der Waals surface area contributed by atoms with Crippen molar-refractivity contribution in [3.05, 3.63) is 47.7 Å². The zero-order valence-electron chi connectivity index (χ0n) is 17.7. The second kappa shape index (κ2) is 8.22. The van der Waals surface area contributed by atoms with Crippen molar-refractivity contribution in [3.8, 4) is 6.01 Å². The van der Waals surface area contributed by atoms with E-state index in [1.54, 1.807) is 0 Å². The van der Waals surface area contributed by atoms with E-state index in [2.05, 4.69) is 59.9 Å². The standard InChI is InChI=1S/C23H30N6O/c1-15(2)19-14-25-29-21(19)27-23(30-18-9-6-12-24-13-18)28-22(29)26-20(17-10-11-17)16-7-4-3-5-8-16/h3-5,7-8,14-15,17-18,20,24H,6,9-13H2,1-2H3,(H,26,27,28)/t18-,20?/m1/s1. The zero-order valence-corrected chi connectivity index (χ0v) is 17.7. The van der Waals surface area contributed by atoms with E-state index in [1.807, 2.05) is 10.7 Å². The highest BCUT2D eigenvalue weighted by Crippen LogP contribution is 2.42. The summed E-state index contributed by atoms with van der Waals surface area (Å²) in [6.07, 6.45) is 6.60. The van der Waals surface area contributed by atoms with Gasteiger partial charge < -0.3 is 15.4 Å². The fraction of sp³-hybridized carbons (Fsp3) is 0.522. The van der Waals surface area contributed by atoms with Crippen LogP contribution in [0, 0.1) is 5.92 Å². The van der Waals surface area contributed by atoms with Crippen molar-refractivity contribution in [2.75, 3.05) is 18.4 Å².